The maximum Gasteiger partial charge on any atom is 0.0468 e. The van der Waals surface area contributed by atoms with Gasteiger partial charge in [-0.1, -0.05) is 233 Å². The van der Waals surface area contributed by atoms with Gasteiger partial charge in [-0.05, 0) is 123 Å². The summed E-state index contributed by atoms with van der Waals surface area (Å²) < 4.78 is 6.88. The van der Waals surface area contributed by atoms with Crippen molar-refractivity contribution in [2.24, 2.45) is 59.2 Å². The number of ether oxygens (including phenoxy) is 1. The summed E-state index contributed by atoms with van der Waals surface area (Å²) >= 11 is 0. The lowest BCUT2D eigenvalue weighted by molar-refractivity contribution is 0.0366. The summed E-state index contributed by atoms with van der Waals surface area (Å²) in [6.45, 7) is 11.5. The van der Waals surface area contributed by atoms with E-state index < -0.39 is 0 Å². The fourth-order valence-electron chi connectivity index (χ4n) is 14.0. The molecule has 4 rings (SSSR count). The van der Waals surface area contributed by atoms with E-state index in [4.69, 9.17) is 4.74 Å². The molecule has 0 heterocycles. The van der Waals surface area contributed by atoms with Crippen LogP contribution < -0.4 is 0 Å². The van der Waals surface area contributed by atoms with Gasteiger partial charge in [0.05, 0.1) is 0 Å². The fraction of sp³-hybridized carbons (Fsp3) is 1.00. The third-order valence-electron chi connectivity index (χ3n) is 18.0. The van der Waals surface area contributed by atoms with E-state index in [1.54, 1.807) is 0 Å². The highest BCUT2D eigenvalue weighted by molar-refractivity contribution is 4.87. The Morgan fingerprint density at radius 3 is 0.729 bits per heavy atom. The lowest BCUT2D eigenvalue weighted by Gasteiger charge is -2.41. The molecule has 1 heteroatoms. The van der Waals surface area contributed by atoms with E-state index in [0.29, 0.717) is 0 Å². The molecule has 0 atom stereocenters. The summed E-state index contributed by atoms with van der Waals surface area (Å²) in [4.78, 5) is 0. The zero-order chi connectivity index (χ0) is 41.6. The lowest BCUT2D eigenvalue weighted by Crippen LogP contribution is -2.32. The van der Waals surface area contributed by atoms with Crippen LogP contribution in [0.1, 0.15) is 297 Å². The van der Waals surface area contributed by atoms with E-state index in [9.17, 15) is 0 Å². The van der Waals surface area contributed by atoms with Crippen molar-refractivity contribution in [3.63, 3.8) is 0 Å². The van der Waals surface area contributed by atoms with Crippen LogP contribution in [0.15, 0.2) is 0 Å². The number of rotatable bonds is 34. The van der Waals surface area contributed by atoms with Crippen molar-refractivity contribution < 1.29 is 4.74 Å². The second-order valence-corrected chi connectivity index (χ2v) is 22.5. The molecule has 4 aliphatic carbocycles. The van der Waals surface area contributed by atoms with Crippen molar-refractivity contribution in [1.82, 2.24) is 0 Å². The number of unbranched alkanes of at least 4 members (excludes halogenated alkanes) is 16. The number of hydrogen-bond acceptors (Lipinski definition) is 1. The van der Waals surface area contributed by atoms with Crippen LogP contribution in [0.2, 0.25) is 0 Å². The van der Waals surface area contributed by atoms with Crippen LogP contribution in [0.5, 0.6) is 0 Å². The smallest absolute Gasteiger partial charge is 0.0468 e. The summed E-state index contributed by atoms with van der Waals surface area (Å²) in [6.07, 6.45) is 62.5. The Hall–Kier alpha value is -0.0400. The first-order valence-corrected chi connectivity index (χ1v) is 28.7. The molecular weight excluding hydrogens is 713 g/mol. The first-order valence-electron chi connectivity index (χ1n) is 28.7. The second kappa shape index (κ2) is 33.5. The Kier molecular flexibility index (Phi) is 29.3. The fourth-order valence-corrected chi connectivity index (χ4v) is 14.0. The average molecular weight is 824 g/mol. The molecule has 0 radical (unpaired) electrons. The van der Waals surface area contributed by atoms with Gasteiger partial charge in [0.1, 0.15) is 0 Å². The minimum absolute atomic E-state index is 0.941. The first-order chi connectivity index (χ1) is 29.1. The highest BCUT2D eigenvalue weighted by Crippen LogP contribution is 2.47. The van der Waals surface area contributed by atoms with Crippen LogP contribution in [0, 0.1) is 59.2 Å². The second-order valence-electron chi connectivity index (χ2n) is 22.5. The summed E-state index contributed by atoms with van der Waals surface area (Å²) in [7, 11) is 0. The Bertz CT molecular complexity index is 768. The zero-order valence-electron chi connectivity index (χ0n) is 41.3. The molecular formula is C58H110O. The quantitative estimate of drug-likeness (QED) is 0.0588. The van der Waals surface area contributed by atoms with E-state index in [1.807, 2.05) is 0 Å². The SMILES string of the molecule is CCCCCCC[C@H]1CC[C@H](C(CCOCCC([C@H]2CC[C@H](CCCCCCC)CC2)[C@H]2CC[C@H](CCCCCCC)CC2)[C@H]2CC[C@H](CCCCCCC)CC2)CC1. The van der Waals surface area contributed by atoms with Crippen molar-refractivity contribution in [3.05, 3.63) is 0 Å². The number of hydrogen-bond donors (Lipinski definition) is 0. The highest BCUT2D eigenvalue weighted by atomic mass is 16.5. The Labute approximate surface area is 373 Å². The Morgan fingerprint density at radius 1 is 0.288 bits per heavy atom. The minimum atomic E-state index is 0.941. The van der Waals surface area contributed by atoms with E-state index in [2.05, 4.69) is 27.7 Å². The van der Waals surface area contributed by atoms with Crippen LogP contribution in [-0.4, -0.2) is 13.2 Å². The molecule has 348 valence electrons. The summed E-state index contributed by atoms with van der Waals surface area (Å²) in [5.41, 5.74) is 0. The summed E-state index contributed by atoms with van der Waals surface area (Å²) in [5.74, 6) is 9.97. The van der Waals surface area contributed by atoms with Crippen LogP contribution >= 0.6 is 0 Å². The Morgan fingerprint density at radius 2 is 0.508 bits per heavy atom. The largest absolute Gasteiger partial charge is 0.381 e. The molecule has 4 fully saturated rings. The molecule has 0 aromatic carbocycles. The highest BCUT2D eigenvalue weighted by Gasteiger charge is 2.36. The van der Waals surface area contributed by atoms with Crippen molar-refractivity contribution in [2.75, 3.05) is 13.2 Å². The van der Waals surface area contributed by atoms with Gasteiger partial charge in [-0.25, -0.2) is 0 Å². The van der Waals surface area contributed by atoms with Gasteiger partial charge >= 0.3 is 0 Å². The van der Waals surface area contributed by atoms with Crippen LogP contribution in [-0.2, 0) is 4.74 Å². The van der Waals surface area contributed by atoms with Crippen LogP contribution in [0.25, 0.3) is 0 Å². The standard InChI is InChI=1S/C58H110O/c1-5-9-13-17-21-25-49-29-37-53(38-30-49)57(54-39-31-50(32-40-54)26-22-18-14-10-6-2)45-47-59-48-46-58(55-41-33-51(34-42-55)27-23-19-15-11-7-3)56-43-35-52(36-44-56)28-24-20-16-12-8-4/h49-58H,5-48H2,1-4H3/t49-,50-,51-,52-,53-,54-,55-,56-. The predicted octanol–water partition coefficient (Wildman–Crippen LogP) is 19.7. The van der Waals surface area contributed by atoms with Gasteiger partial charge in [-0.2, -0.15) is 0 Å². The van der Waals surface area contributed by atoms with Crippen LogP contribution in [0.4, 0.5) is 0 Å². The molecule has 0 unspecified atom stereocenters. The molecule has 0 aliphatic heterocycles. The van der Waals surface area contributed by atoms with Gasteiger partial charge in [-0.15, -0.1) is 0 Å². The van der Waals surface area contributed by atoms with Crippen molar-refractivity contribution in [2.45, 2.75) is 297 Å². The monoisotopic (exact) mass is 823 g/mol. The molecule has 0 amide bonds. The molecule has 0 bridgehead atoms. The van der Waals surface area contributed by atoms with Crippen molar-refractivity contribution in [1.29, 1.82) is 0 Å². The predicted molar refractivity (Wildman–Crippen MR) is 262 cm³/mol. The molecule has 0 N–H and O–H groups in total. The maximum absolute atomic E-state index is 6.88. The van der Waals surface area contributed by atoms with E-state index in [0.717, 1.165) is 72.4 Å². The molecule has 0 spiro atoms. The van der Waals surface area contributed by atoms with Gasteiger partial charge in [0.25, 0.3) is 0 Å². The molecule has 4 saturated carbocycles. The van der Waals surface area contributed by atoms with Crippen molar-refractivity contribution >= 4 is 0 Å². The minimum Gasteiger partial charge on any atom is -0.381 e. The lowest BCUT2D eigenvalue weighted by atomic mass is 9.65. The van der Waals surface area contributed by atoms with Gasteiger partial charge < -0.3 is 4.74 Å². The molecule has 0 aromatic rings. The van der Waals surface area contributed by atoms with E-state index in [-0.39, 0.29) is 0 Å². The van der Waals surface area contributed by atoms with E-state index in [1.165, 1.54) is 270 Å². The molecule has 1 nitrogen and oxygen atoms in total. The third-order valence-corrected chi connectivity index (χ3v) is 18.0. The van der Waals surface area contributed by atoms with Gasteiger partial charge in [-0.3, -0.25) is 0 Å². The van der Waals surface area contributed by atoms with Gasteiger partial charge in [0.2, 0.25) is 0 Å². The summed E-state index contributed by atoms with van der Waals surface area (Å²) in [6, 6.07) is 0. The molecule has 0 aromatic heterocycles. The Balaban J connectivity index is 1.26. The van der Waals surface area contributed by atoms with Crippen LogP contribution in [0.3, 0.4) is 0 Å². The molecule has 4 aliphatic rings. The maximum atomic E-state index is 6.88. The van der Waals surface area contributed by atoms with Gasteiger partial charge in [0.15, 0.2) is 0 Å². The first kappa shape index (κ1) is 51.6. The van der Waals surface area contributed by atoms with Crippen molar-refractivity contribution in [3.8, 4) is 0 Å². The van der Waals surface area contributed by atoms with E-state index >= 15 is 0 Å². The summed E-state index contributed by atoms with van der Waals surface area (Å²) in [5, 5.41) is 0. The molecule has 0 saturated heterocycles. The normalized spacial score (nSPS) is 28.2. The zero-order valence-corrected chi connectivity index (χ0v) is 41.3. The average Bonchev–Trinajstić information content (AvgIpc) is 3.27. The topological polar surface area (TPSA) is 9.23 Å². The van der Waals surface area contributed by atoms with Gasteiger partial charge in [0, 0.05) is 13.2 Å². The third kappa shape index (κ3) is 21.5. The molecule has 59 heavy (non-hydrogen) atoms.